The normalized spacial score (nSPS) is 10.8. The van der Waals surface area contributed by atoms with Gasteiger partial charge in [0.05, 0.1) is 0 Å². The minimum atomic E-state index is 0.813. The van der Waals surface area contributed by atoms with E-state index in [1.165, 1.54) is 24.8 Å². The van der Waals surface area contributed by atoms with Crippen LogP contribution in [0, 0.1) is 5.92 Å². The molecule has 0 spiro atoms. The fraction of sp³-hybridized carbons (Fsp3) is 0.500. The van der Waals surface area contributed by atoms with Crippen molar-refractivity contribution in [2.45, 2.75) is 38.0 Å². The first-order valence-corrected chi connectivity index (χ1v) is 5.49. The fourth-order valence-corrected chi connectivity index (χ4v) is 1.82. The molecule has 1 rings (SSSR count). The summed E-state index contributed by atoms with van der Waals surface area (Å²) >= 11 is 4.45. The molecule has 1 heteroatoms. The predicted molar refractivity (Wildman–Crippen MR) is 61.5 cm³/mol. The topological polar surface area (TPSA) is 0 Å². The van der Waals surface area contributed by atoms with E-state index in [1.807, 2.05) is 6.07 Å². The Morgan fingerprint density at radius 3 is 2.31 bits per heavy atom. The predicted octanol–water partition coefficient (Wildman–Crippen LogP) is 3.95. The number of benzene rings is 1. The van der Waals surface area contributed by atoms with Crippen LogP contribution in [-0.2, 0) is 6.42 Å². The number of thiol groups is 1. The van der Waals surface area contributed by atoms with Gasteiger partial charge in [-0.1, -0.05) is 44.9 Å². The maximum absolute atomic E-state index is 4.45. The Balaban J connectivity index is 2.67. The lowest BCUT2D eigenvalue weighted by molar-refractivity contribution is 0.487. The lowest BCUT2D eigenvalue weighted by Crippen LogP contribution is -2.02. The third-order valence-corrected chi connectivity index (χ3v) is 3.09. The maximum Gasteiger partial charge on any atom is 0.00721 e. The molecule has 0 aliphatic rings. The SMILES string of the molecule is CCC(CC)Cc1ccccc1S. The fourth-order valence-electron chi connectivity index (χ4n) is 1.57. The van der Waals surface area contributed by atoms with Gasteiger partial charge in [-0.05, 0) is 24.0 Å². The van der Waals surface area contributed by atoms with E-state index >= 15 is 0 Å². The van der Waals surface area contributed by atoms with Gasteiger partial charge in [0.15, 0.2) is 0 Å². The number of rotatable bonds is 4. The van der Waals surface area contributed by atoms with Gasteiger partial charge in [-0.15, -0.1) is 12.6 Å². The summed E-state index contributed by atoms with van der Waals surface area (Å²) in [6, 6.07) is 8.39. The van der Waals surface area contributed by atoms with Crippen molar-refractivity contribution in [3.05, 3.63) is 29.8 Å². The molecule has 0 aliphatic heterocycles. The summed E-state index contributed by atoms with van der Waals surface area (Å²) in [6.07, 6.45) is 3.70. The van der Waals surface area contributed by atoms with E-state index in [9.17, 15) is 0 Å². The number of hydrogen-bond acceptors (Lipinski definition) is 1. The Labute approximate surface area is 86.8 Å². The zero-order valence-electron chi connectivity index (χ0n) is 8.46. The van der Waals surface area contributed by atoms with Crippen molar-refractivity contribution in [1.82, 2.24) is 0 Å². The number of hydrogen-bond donors (Lipinski definition) is 1. The van der Waals surface area contributed by atoms with Gasteiger partial charge in [-0.2, -0.15) is 0 Å². The van der Waals surface area contributed by atoms with Crippen molar-refractivity contribution in [3.8, 4) is 0 Å². The minimum absolute atomic E-state index is 0.813. The average Bonchev–Trinajstić information content (AvgIpc) is 2.17. The van der Waals surface area contributed by atoms with E-state index in [1.54, 1.807) is 0 Å². The van der Waals surface area contributed by atoms with Crippen LogP contribution >= 0.6 is 12.6 Å². The smallest absolute Gasteiger partial charge is 0.00721 e. The largest absolute Gasteiger partial charge is 0.143 e. The van der Waals surface area contributed by atoms with Crippen LogP contribution in [0.5, 0.6) is 0 Å². The van der Waals surface area contributed by atoms with Gasteiger partial charge in [0.2, 0.25) is 0 Å². The van der Waals surface area contributed by atoms with Gasteiger partial charge in [0, 0.05) is 4.90 Å². The third-order valence-electron chi connectivity index (χ3n) is 2.65. The van der Waals surface area contributed by atoms with Crippen LogP contribution < -0.4 is 0 Å². The van der Waals surface area contributed by atoms with Crippen molar-refractivity contribution in [3.63, 3.8) is 0 Å². The van der Waals surface area contributed by atoms with Crippen molar-refractivity contribution in [1.29, 1.82) is 0 Å². The van der Waals surface area contributed by atoms with Crippen LogP contribution in [0.2, 0.25) is 0 Å². The van der Waals surface area contributed by atoms with E-state index in [4.69, 9.17) is 0 Å². The van der Waals surface area contributed by atoms with Crippen LogP contribution in [0.25, 0.3) is 0 Å². The van der Waals surface area contributed by atoms with E-state index in [0.717, 1.165) is 10.8 Å². The maximum atomic E-state index is 4.45. The van der Waals surface area contributed by atoms with Gasteiger partial charge in [-0.25, -0.2) is 0 Å². The van der Waals surface area contributed by atoms with Gasteiger partial charge in [-0.3, -0.25) is 0 Å². The molecule has 0 aromatic heterocycles. The molecule has 0 saturated carbocycles. The zero-order chi connectivity index (χ0) is 9.68. The summed E-state index contributed by atoms with van der Waals surface area (Å²) in [7, 11) is 0. The summed E-state index contributed by atoms with van der Waals surface area (Å²) in [5, 5.41) is 0. The van der Waals surface area contributed by atoms with Gasteiger partial charge >= 0.3 is 0 Å². The Morgan fingerprint density at radius 2 is 1.77 bits per heavy atom. The molecule has 0 aliphatic carbocycles. The minimum Gasteiger partial charge on any atom is -0.143 e. The van der Waals surface area contributed by atoms with Crippen LogP contribution in [0.4, 0.5) is 0 Å². The van der Waals surface area contributed by atoms with E-state index in [-0.39, 0.29) is 0 Å². The Kier molecular flexibility index (Phi) is 4.37. The first-order valence-electron chi connectivity index (χ1n) is 5.04. The molecule has 0 unspecified atom stereocenters. The van der Waals surface area contributed by atoms with Gasteiger partial charge in [0.25, 0.3) is 0 Å². The molecular formula is C12H18S. The van der Waals surface area contributed by atoms with Crippen LogP contribution in [0.15, 0.2) is 29.2 Å². The Bertz CT molecular complexity index is 251. The van der Waals surface area contributed by atoms with E-state index < -0.39 is 0 Å². The molecule has 0 amide bonds. The second kappa shape index (κ2) is 5.33. The molecule has 0 radical (unpaired) electrons. The summed E-state index contributed by atoms with van der Waals surface area (Å²) < 4.78 is 0. The molecule has 1 aromatic rings. The van der Waals surface area contributed by atoms with Crippen LogP contribution in [0.1, 0.15) is 32.3 Å². The molecule has 0 atom stereocenters. The first kappa shape index (κ1) is 10.6. The van der Waals surface area contributed by atoms with Crippen LogP contribution in [-0.4, -0.2) is 0 Å². The second-order valence-electron chi connectivity index (χ2n) is 3.52. The van der Waals surface area contributed by atoms with E-state index in [0.29, 0.717) is 0 Å². The van der Waals surface area contributed by atoms with Gasteiger partial charge in [0.1, 0.15) is 0 Å². The van der Waals surface area contributed by atoms with Crippen molar-refractivity contribution >= 4 is 12.6 Å². The highest BCUT2D eigenvalue weighted by Crippen LogP contribution is 2.20. The first-order chi connectivity index (χ1) is 6.27. The van der Waals surface area contributed by atoms with Crippen LogP contribution in [0.3, 0.4) is 0 Å². The molecule has 13 heavy (non-hydrogen) atoms. The molecule has 0 N–H and O–H groups in total. The van der Waals surface area contributed by atoms with Crippen molar-refractivity contribution in [2.75, 3.05) is 0 Å². The van der Waals surface area contributed by atoms with Gasteiger partial charge < -0.3 is 0 Å². The summed E-state index contributed by atoms with van der Waals surface area (Å²) in [6.45, 7) is 4.52. The standard InChI is InChI=1S/C12H18S/c1-3-10(4-2)9-11-7-5-6-8-12(11)13/h5-8,10,13H,3-4,9H2,1-2H3. The third kappa shape index (κ3) is 3.07. The lowest BCUT2D eigenvalue weighted by Gasteiger charge is -2.13. The molecule has 0 heterocycles. The molecule has 72 valence electrons. The highest BCUT2D eigenvalue weighted by Gasteiger charge is 2.06. The van der Waals surface area contributed by atoms with Crippen molar-refractivity contribution < 1.29 is 0 Å². The molecule has 1 aromatic carbocycles. The highest BCUT2D eigenvalue weighted by molar-refractivity contribution is 7.80. The Hall–Kier alpha value is -0.430. The highest BCUT2D eigenvalue weighted by atomic mass is 32.1. The molecule has 0 nitrogen and oxygen atoms in total. The molecular weight excluding hydrogens is 176 g/mol. The summed E-state index contributed by atoms with van der Waals surface area (Å²) in [5.74, 6) is 0.813. The second-order valence-corrected chi connectivity index (χ2v) is 4.00. The lowest BCUT2D eigenvalue weighted by atomic mass is 9.95. The summed E-state index contributed by atoms with van der Waals surface area (Å²) in [4.78, 5) is 1.13. The average molecular weight is 194 g/mol. The van der Waals surface area contributed by atoms with Crippen molar-refractivity contribution in [2.24, 2.45) is 5.92 Å². The van der Waals surface area contributed by atoms with E-state index in [2.05, 4.69) is 44.7 Å². The monoisotopic (exact) mass is 194 g/mol. The zero-order valence-corrected chi connectivity index (χ0v) is 9.35. The molecule has 0 saturated heterocycles. The quantitative estimate of drug-likeness (QED) is 0.689. The Morgan fingerprint density at radius 1 is 1.15 bits per heavy atom. The molecule has 0 bridgehead atoms. The molecule has 0 fully saturated rings. The summed E-state index contributed by atoms with van der Waals surface area (Å²) in [5.41, 5.74) is 1.39.